The van der Waals surface area contributed by atoms with Crippen LogP contribution in [0.25, 0.3) is 10.8 Å². The molecule has 1 saturated carbocycles. The van der Waals surface area contributed by atoms with Crippen LogP contribution in [0.1, 0.15) is 47.2 Å². The molecule has 10 heteroatoms. The molecule has 0 bridgehead atoms. The van der Waals surface area contributed by atoms with Gasteiger partial charge in [0.1, 0.15) is 11.6 Å². The van der Waals surface area contributed by atoms with Gasteiger partial charge in [0.05, 0.1) is 39.6 Å². The highest BCUT2D eigenvalue weighted by atomic mass is 35.5. The van der Waals surface area contributed by atoms with Gasteiger partial charge in [-0.25, -0.2) is 9.29 Å². The quantitative estimate of drug-likeness (QED) is 0.111. The van der Waals surface area contributed by atoms with E-state index in [0.29, 0.717) is 33.2 Å². The Hall–Kier alpha value is -5.93. The largest absolute Gasteiger partial charge is 0.507 e. The Morgan fingerprint density at radius 1 is 0.759 bits per heavy atom. The summed E-state index contributed by atoms with van der Waals surface area (Å²) < 4.78 is 14.3. The first-order valence-electron chi connectivity index (χ1n) is 17.8. The molecule has 0 aromatic heterocycles. The van der Waals surface area contributed by atoms with Gasteiger partial charge in [-0.1, -0.05) is 83.9 Å². The number of carbonyl (C=O) groups is 5. The predicted octanol–water partition coefficient (Wildman–Crippen LogP) is 8.00. The lowest BCUT2D eigenvalue weighted by Gasteiger charge is -2.49. The van der Waals surface area contributed by atoms with Gasteiger partial charge in [0.15, 0.2) is 5.78 Å². The van der Waals surface area contributed by atoms with Gasteiger partial charge in [-0.3, -0.25) is 28.9 Å². The topological polar surface area (TPSA) is 112 Å². The molecule has 54 heavy (non-hydrogen) atoms. The van der Waals surface area contributed by atoms with Crippen molar-refractivity contribution in [3.8, 4) is 5.75 Å². The Morgan fingerprint density at radius 2 is 1.43 bits per heavy atom. The van der Waals surface area contributed by atoms with Crippen molar-refractivity contribution < 1.29 is 33.5 Å². The van der Waals surface area contributed by atoms with E-state index in [1.165, 1.54) is 17.0 Å². The lowest BCUT2D eigenvalue weighted by Crippen LogP contribution is -2.49. The van der Waals surface area contributed by atoms with E-state index < -0.39 is 58.5 Å². The maximum atomic E-state index is 14.8. The SMILES string of the molecule is CC12C(=O)N(c3ccc(F)c(Cl)c3)C(=O)C1CC1C(=CCC3C(=O)N(c4ccc(C(=O)c5ccccc5)cc4)C(=O)C31)C2c1ccc(O)c2ccccc12. The minimum Gasteiger partial charge on any atom is -0.507 e. The van der Waals surface area contributed by atoms with Gasteiger partial charge in [0, 0.05) is 22.4 Å². The number of phenols is 1. The summed E-state index contributed by atoms with van der Waals surface area (Å²) in [5, 5.41) is 11.9. The van der Waals surface area contributed by atoms with E-state index in [-0.39, 0.29) is 41.0 Å². The van der Waals surface area contributed by atoms with Gasteiger partial charge in [0.25, 0.3) is 0 Å². The fourth-order valence-electron chi connectivity index (χ4n) is 9.56. The van der Waals surface area contributed by atoms with Gasteiger partial charge in [-0.2, -0.15) is 0 Å². The van der Waals surface area contributed by atoms with Crippen LogP contribution < -0.4 is 9.80 Å². The third-order valence-electron chi connectivity index (χ3n) is 12.1. The number of imide groups is 2. The monoisotopic (exact) mass is 738 g/mol. The molecule has 5 aromatic carbocycles. The lowest BCUT2D eigenvalue weighted by atomic mass is 9.51. The number of hydrogen-bond acceptors (Lipinski definition) is 6. The number of hydrogen-bond donors (Lipinski definition) is 1. The normalized spacial score (nSPS) is 26.1. The number of benzene rings is 5. The summed E-state index contributed by atoms with van der Waals surface area (Å²) in [6, 6.07) is 29.6. The average Bonchev–Trinajstić information content (AvgIpc) is 3.56. The third kappa shape index (κ3) is 4.77. The fourth-order valence-corrected chi connectivity index (χ4v) is 9.74. The van der Waals surface area contributed by atoms with Crippen LogP contribution in [0.5, 0.6) is 5.75 Å². The smallest absolute Gasteiger partial charge is 0.241 e. The van der Waals surface area contributed by atoms with E-state index in [0.717, 1.165) is 16.5 Å². The van der Waals surface area contributed by atoms with Crippen molar-refractivity contribution in [2.24, 2.45) is 29.1 Å². The molecule has 3 fully saturated rings. The molecule has 2 aliphatic heterocycles. The minimum absolute atomic E-state index is 0.0567. The maximum Gasteiger partial charge on any atom is 0.241 e. The van der Waals surface area contributed by atoms with Crippen LogP contribution in [-0.2, 0) is 19.2 Å². The number of nitrogens with zero attached hydrogens (tertiary/aromatic N) is 2. The molecule has 0 spiro atoms. The summed E-state index contributed by atoms with van der Waals surface area (Å²) in [5.41, 5.74) is 1.57. The Bertz CT molecular complexity index is 2500. The van der Waals surface area contributed by atoms with Gasteiger partial charge in [-0.05, 0) is 85.2 Å². The van der Waals surface area contributed by atoms with Crippen molar-refractivity contribution >= 4 is 63.2 Å². The van der Waals surface area contributed by atoms with Crippen LogP contribution in [0.4, 0.5) is 15.8 Å². The molecule has 8 nitrogen and oxygen atoms in total. The molecule has 0 radical (unpaired) electrons. The number of anilines is 2. The van der Waals surface area contributed by atoms with E-state index in [1.54, 1.807) is 79.7 Å². The van der Waals surface area contributed by atoms with E-state index in [1.807, 2.05) is 24.3 Å². The number of rotatable bonds is 5. The van der Waals surface area contributed by atoms with Crippen LogP contribution in [-0.4, -0.2) is 34.5 Å². The molecular formula is C44H32ClFN2O6. The molecule has 4 aliphatic rings. The maximum absolute atomic E-state index is 14.8. The second kappa shape index (κ2) is 12.3. The number of halogens is 2. The zero-order valence-corrected chi connectivity index (χ0v) is 29.7. The van der Waals surface area contributed by atoms with Crippen LogP contribution in [0.2, 0.25) is 5.02 Å². The Kier molecular flexibility index (Phi) is 7.73. The molecule has 268 valence electrons. The molecule has 1 N–H and O–H groups in total. The van der Waals surface area contributed by atoms with Crippen LogP contribution >= 0.6 is 11.6 Å². The average molecular weight is 739 g/mol. The first-order chi connectivity index (χ1) is 26.0. The molecule has 4 amide bonds. The number of ketones is 1. The summed E-state index contributed by atoms with van der Waals surface area (Å²) in [4.78, 5) is 73.4. The number of amides is 4. The van der Waals surface area contributed by atoms with Gasteiger partial charge >= 0.3 is 0 Å². The van der Waals surface area contributed by atoms with E-state index in [4.69, 9.17) is 11.6 Å². The van der Waals surface area contributed by atoms with Crippen molar-refractivity contribution in [3.05, 3.63) is 148 Å². The first-order valence-corrected chi connectivity index (χ1v) is 18.2. The molecule has 9 rings (SSSR count). The van der Waals surface area contributed by atoms with Crippen molar-refractivity contribution in [3.63, 3.8) is 0 Å². The molecule has 6 atom stereocenters. The Balaban J connectivity index is 1.14. The highest BCUT2D eigenvalue weighted by Gasteiger charge is 2.67. The second-order valence-corrected chi connectivity index (χ2v) is 15.1. The summed E-state index contributed by atoms with van der Waals surface area (Å²) in [5.74, 6) is -6.27. The fraction of sp³-hybridized carbons (Fsp3) is 0.205. The van der Waals surface area contributed by atoms with Gasteiger partial charge in [0.2, 0.25) is 23.6 Å². The van der Waals surface area contributed by atoms with E-state index >= 15 is 0 Å². The van der Waals surface area contributed by atoms with Crippen molar-refractivity contribution in [2.45, 2.75) is 25.7 Å². The third-order valence-corrected chi connectivity index (χ3v) is 12.4. The zero-order chi connectivity index (χ0) is 37.6. The van der Waals surface area contributed by atoms with Gasteiger partial charge < -0.3 is 5.11 Å². The molecular weight excluding hydrogens is 707 g/mol. The van der Waals surface area contributed by atoms with Gasteiger partial charge in [-0.15, -0.1) is 0 Å². The predicted molar refractivity (Wildman–Crippen MR) is 200 cm³/mol. The molecule has 2 aliphatic carbocycles. The minimum atomic E-state index is -1.35. The number of carbonyl (C=O) groups excluding carboxylic acids is 5. The van der Waals surface area contributed by atoms with E-state index in [2.05, 4.69) is 0 Å². The first kappa shape index (κ1) is 33.9. The second-order valence-electron chi connectivity index (χ2n) is 14.7. The summed E-state index contributed by atoms with van der Waals surface area (Å²) >= 11 is 6.14. The summed E-state index contributed by atoms with van der Waals surface area (Å²) in [6.45, 7) is 1.77. The zero-order valence-electron chi connectivity index (χ0n) is 28.9. The van der Waals surface area contributed by atoms with Crippen molar-refractivity contribution in [1.29, 1.82) is 0 Å². The molecule has 2 saturated heterocycles. The molecule has 2 heterocycles. The Morgan fingerprint density at radius 3 is 2.15 bits per heavy atom. The van der Waals surface area contributed by atoms with Crippen LogP contribution in [0, 0.1) is 34.9 Å². The summed E-state index contributed by atoms with van der Waals surface area (Å²) in [7, 11) is 0. The number of phenolic OH excluding ortho intramolecular Hbond substituents is 1. The highest BCUT2D eigenvalue weighted by Crippen LogP contribution is 2.64. The van der Waals surface area contributed by atoms with Crippen LogP contribution in [0.15, 0.2) is 121 Å². The molecule has 5 aromatic rings. The van der Waals surface area contributed by atoms with E-state index in [9.17, 15) is 33.5 Å². The summed E-state index contributed by atoms with van der Waals surface area (Å²) in [6.07, 6.45) is 2.34. The van der Waals surface area contributed by atoms with Crippen LogP contribution in [0.3, 0.4) is 0 Å². The standard InChI is InChI=1S/C44H32ClFN2O6/c1-44-33(41(52)48(43(44)54)26-15-19-35(46)34(45)21-26)22-32-30(38(44)29-18-20-36(49)28-10-6-5-9-27(28)29)16-17-31-37(32)42(53)47(40(31)51)25-13-11-24(12-14-25)39(50)23-7-3-2-4-8-23/h2-16,18-21,31-33,37-38,49H,17,22H2,1H3. The lowest BCUT2D eigenvalue weighted by molar-refractivity contribution is -0.131. The Labute approximate surface area is 314 Å². The number of fused-ring (bicyclic) bond motifs is 5. The van der Waals surface area contributed by atoms with Crippen molar-refractivity contribution in [1.82, 2.24) is 0 Å². The number of allylic oxidation sites excluding steroid dienone is 2. The highest BCUT2D eigenvalue weighted by molar-refractivity contribution is 6.32. The molecule has 6 unspecified atom stereocenters. The number of aromatic hydroxyl groups is 1. The van der Waals surface area contributed by atoms with Crippen molar-refractivity contribution in [2.75, 3.05) is 9.80 Å².